The van der Waals surface area contributed by atoms with Crippen LogP contribution >= 0.6 is 0 Å². The number of rotatable bonds is 8. The summed E-state index contributed by atoms with van der Waals surface area (Å²) in [5, 5.41) is 10.4. The fraction of sp³-hybridized carbons (Fsp3) is 0.458. The maximum atomic E-state index is 11.7. The van der Waals surface area contributed by atoms with Crippen LogP contribution in [0.25, 0.3) is 0 Å². The molecule has 0 bridgehead atoms. The maximum Gasteiger partial charge on any atom is 0.311 e. The predicted octanol–water partition coefficient (Wildman–Crippen LogP) is 4.50. The highest BCUT2D eigenvalue weighted by Gasteiger charge is 2.27. The van der Waals surface area contributed by atoms with Gasteiger partial charge in [0.25, 0.3) is 0 Å². The fourth-order valence-corrected chi connectivity index (χ4v) is 4.03. The lowest BCUT2D eigenvalue weighted by molar-refractivity contribution is -0.148. The molecule has 2 unspecified atom stereocenters. The highest BCUT2D eigenvalue weighted by molar-refractivity contribution is 5.72. The van der Waals surface area contributed by atoms with E-state index in [0.717, 1.165) is 25.0 Å². The van der Waals surface area contributed by atoms with Crippen LogP contribution in [0, 0.1) is 11.8 Å². The lowest BCUT2D eigenvalue weighted by Gasteiger charge is -2.18. The lowest BCUT2D eigenvalue weighted by Crippen LogP contribution is -2.20. The Balaban J connectivity index is 1.56. The first-order chi connectivity index (χ1) is 14.0. The van der Waals surface area contributed by atoms with Gasteiger partial charge in [0.15, 0.2) is 0 Å². The topological polar surface area (TPSA) is 65.0 Å². The van der Waals surface area contributed by atoms with Crippen molar-refractivity contribution in [3.05, 3.63) is 59.7 Å². The van der Waals surface area contributed by atoms with Crippen LogP contribution in [0.3, 0.4) is 0 Å². The molecule has 0 saturated heterocycles. The number of methoxy groups -OCH3 is 2. The summed E-state index contributed by atoms with van der Waals surface area (Å²) in [6.07, 6.45) is 2.45. The van der Waals surface area contributed by atoms with Crippen molar-refractivity contribution in [2.45, 2.75) is 38.2 Å². The van der Waals surface area contributed by atoms with Crippen molar-refractivity contribution < 1.29 is 24.1 Å². The number of carbonyl (C=O) groups is 1. The summed E-state index contributed by atoms with van der Waals surface area (Å²) >= 11 is 0. The summed E-state index contributed by atoms with van der Waals surface area (Å²) in [5.41, 5.74) is 1.98. The van der Waals surface area contributed by atoms with Crippen LogP contribution in [0.1, 0.15) is 49.3 Å². The number of esters is 1. The summed E-state index contributed by atoms with van der Waals surface area (Å²) in [7, 11) is 3.02. The first-order valence-electron chi connectivity index (χ1n) is 10.1. The predicted molar refractivity (Wildman–Crippen MR) is 111 cm³/mol. The molecule has 2 aromatic carbocycles. The molecule has 0 aliphatic heterocycles. The molecule has 5 heteroatoms. The molecule has 156 valence electrons. The SMILES string of the molecule is COC(=O)[C@@H](C)[C@@H](O)c1cccc(OCC2CCC(c3cccc(OC)c3)C2)c1. The molecule has 1 N–H and O–H groups in total. The Bertz CT molecular complexity index is 818. The van der Waals surface area contributed by atoms with Crippen molar-refractivity contribution in [1.29, 1.82) is 0 Å². The summed E-state index contributed by atoms with van der Waals surface area (Å²) in [4.78, 5) is 11.7. The number of aliphatic hydroxyl groups is 1. The van der Waals surface area contributed by atoms with E-state index in [4.69, 9.17) is 14.2 Å². The number of benzene rings is 2. The van der Waals surface area contributed by atoms with E-state index in [2.05, 4.69) is 12.1 Å². The quantitative estimate of drug-likeness (QED) is 0.663. The van der Waals surface area contributed by atoms with Gasteiger partial charge in [0.05, 0.1) is 32.8 Å². The van der Waals surface area contributed by atoms with E-state index in [0.29, 0.717) is 29.8 Å². The van der Waals surface area contributed by atoms with E-state index >= 15 is 0 Å². The molecule has 29 heavy (non-hydrogen) atoms. The summed E-state index contributed by atoms with van der Waals surface area (Å²) in [6.45, 7) is 2.30. The third-order valence-corrected chi connectivity index (χ3v) is 5.84. The third-order valence-electron chi connectivity index (χ3n) is 5.84. The van der Waals surface area contributed by atoms with Crippen molar-refractivity contribution in [3.8, 4) is 11.5 Å². The molecule has 4 atom stereocenters. The van der Waals surface area contributed by atoms with Crippen LogP contribution < -0.4 is 9.47 Å². The molecule has 0 spiro atoms. The normalized spacial score (nSPS) is 20.7. The smallest absolute Gasteiger partial charge is 0.311 e. The molecular weight excluding hydrogens is 368 g/mol. The van der Waals surface area contributed by atoms with Gasteiger partial charge < -0.3 is 19.3 Å². The van der Waals surface area contributed by atoms with Crippen molar-refractivity contribution in [2.75, 3.05) is 20.8 Å². The largest absolute Gasteiger partial charge is 0.497 e. The second-order valence-electron chi connectivity index (χ2n) is 7.79. The molecule has 1 aliphatic carbocycles. The average molecular weight is 398 g/mol. The molecule has 0 radical (unpaired) electrons. The molecule has 2 aromatic rings. The van der Waals surface area contributed by atoms with E-state index in [9.17, 15) is 9.90 Å². The van der Waals surface area contributed by atoms with Crippen molar-refractivity contribution in [1.82, 2.24) is 0 Å². The second kappa shape index (κ2) is 9.79. The Hall–Kier alpha value is -2.53. The zero-order valence-electron chi connectivity index (χ0n) is 17.3. The number of carbonyl (C=O) groups excluding carboxylic acids is 1. The van der Waals surface area contributed by atoms with E-state index in [1.807, 2.05) is 24.3 Å². The van der Waals surface area contributed by atoms with Gasteiger partial charge in [-0.05, 0) is 73.4 Å². The van der Waals surface area contributed by atoms with Crippen LogP contribution in [0.2, 0.25) is 0 Å². The first kappa shape index (κ1) is 21.2. The van der Waals surface area contributed by atoms with Gasteiger partial charge in [-0.15, -0.1) is 0 Å². The Morgan fingerprint density at radius 3 is 2.62 bits per heavy atom. The first-order valence-corrected chi connectivity index (χ1v) is 10.1. The molecule has 0 heterocycles. The number of aliphatic hydroxyl groups excluding tert-OH is 1. The van der Waals surface area contributed by atoms with Crippen LogP contribution in [-0.4, -0.2) is 31.9 Å². The average Bonchev–Trinajstić information content (AvgIpc) is 3.25. The van der Waals surface area contributed by atoms with E-state index < -0.39 is 18.0 Å². The molecular formula is C24H30O5. The maximum absolute atomic E-state index is 11.7. The third kappa shape index (κ3) is 5.30. The van der Waals surface area contributed by atoms with Crippen molar-refractivity contribution >= 4 is 5.97 Å². The molecule has 5 nitrogen and oxygen atoms in total. The van der Waals surface area contributed by atoms with Gasteiger partial charge in [-0.1, -0.05) is 24.3 Å². The van der Waals surface area contributed by atoms with Gasteiger partial charge in [0.1, 0.15) is 11.5 Å². The highest BCUT2D eigenvalue weighted by Crippen LogP contribution is 2.39. The van der Waals surface area contributed by atoms with Crippen molar-refractivity contribution in [3.63, 3.8) is 0 Å². The fourth-order valence-electron chi connectivity index (χ4n) is 4.03. The standard InChI is InChI=1S/C24H30O5/c1-16(24(26)28-3)23(25)20-7-5-9-22(14-20)29-15-17-10-11-19(12-17)18-6-4-8-21(13-18)27-2/h4-9,13-14,16-17,19,23,25H,10-12,15H2,1-3H3/t16-,17?,19?,23+/m0/s1. The van der Waals surface area contributed by atoms with Gasteiger partial charge in [-0.3, -0.25) is 4.79 Å². The van der Waals surface area contributed by atoms with Crippen molar-refractivity contribution in [2.24, 2.45) is 11.8 Å². The lowest BCUT2D eigenvalue weighted by atomic mass is 9.96. The second-order valence-corrected chi connectivity index (χ2v) is 7.79. The molecule has 3 rings (SSSR count). The van der Waals surface area contributed by atoms with Crippen LogP contribution in [0.15, 0.2) is 48.5 Å². The monoisotopic (exact) mass is 398 g/mol. The van der Waals surface area contributed by atoms with Gasteiger partial charge in [0.2, 0.25) is 0 Å². The van der Waals surface area contributed by atoms with E-state index in [-0.39, 0.29) is 0 Å². The van der Waals surface area contributed by atoms with E-state index in [1.165, 1.54) is 12.7 Å². The Morgan fingerprint density at radius 2 is 1.86 bits per heavy atom. The Kier molecular flexibility index (Phi) is 7.15. The zero-order valence-corrected chi connectivity index (χ0v) is 17.3. The number of ether oxygens (including phenoxy) is 3. The van der Waals surface area contributed by atoms with E-state index in [1.54, 1.807) is 26.2 Å². The Labute approximate surface area is 172 Å². The van der Waals surface area contributed by atoms with Gasteiger partial charge >= 0.3 is 5.97 Å². The molecule has 1 aliphatic rings. The van der Waals surface area contributed by atoms with Gasteiger partial charge in [0, 0.05) is 0 Å². The number of hydrogen-bond donors (Lipinski definition) is 1. The zero-order chi connectivity index (χ0) is 20.8. The molecule has 0 aromatic heterocycles. The summed E-state index contributed by atoms with van der Waals surface area (Å²) in [6, 6.07) is 15.6. The summed E-state index contributed by atoms with van der Waals surface area (Å²) < 4.78 is 16.1. The Morgan fingerprint density at radius 1 is 1.10 bits per heavy atom. The minimum absolute atomic E-state index is 0.432. The number of hydrogen-bond acceptors (Lipinski definition) is 5. The van der Waals surface area contributed by atoms with Gasteiger partial charge in [-0.2, -0.15) is 0 Å². The van der Waals surface area contributed by atoms with Gasteiger partial charge in [-0.25, -0.2) is 0 Å². The van der Waals surface area contributed by atoms with Crippen LogP contribution in [-0.2, 0) is 9.53 Å². The molecule has 1 fully saturated rings. The van der Waals surface area contributed by atoms with Crippen LogP contribution in [0.5, 0.6) is 11.5 Å². The highest BCUT2D eigenvalue weighted by atomic mass is 16.5. The summed E-state index contributed by atoms with van der Waals surface area (Å²) in [5.74, 6) is 1.58. The minimum atomic E-state index is -0.921. The minimum Gasteiger partial charge on any atom is -0.497 e. The molecule has 1 saturated carbocycles. The van der Waals surface area contributed by atoms with Crippen LogP contribution in [0.4, 0.5) is 0 Å². The molecule has 0 amide bonds.